The van der Waals surface area contributed by atoms with E-state index in [0.29, 0.717) is 37.2 Å². The molecule has 0 bridgehead atoms. The third-order valence-electron chi connectivity index (χ3n) is 3.94. The number of hydrogen-bond donors (Lipinski definition) is 3. The van der Waals surface area contributed by atoms with Crippen LogP contribution in [0, 0.1) is 0 Å². The number of nitrogens with zero attached hydrogens (tertiary/aromatic N) is 1. The van der Waals surface area contributed by atoms with Crippen molar-refractivity contribution in [1.82, 2.24) is 15.2 Å². The summed E-state index contributed by atoms with van der Waals surface area (Å²) in [6.07, 6.45) is 0. The normalized spacial score (nSPS) is 15.0. The van der Waals surface area contributed by atoms with Crippen molar-refractivity contribution >= 4 is 29.2 Å². The lowest BCUT2D eigenvalue weighted by atomic mass is 10.1. The SMILES string of the molecule is Cl.O=C(NCCN1CCOCC1)c1c(O)c2ccccc2[nH]c1=O. The van der Waals surface area contributed by atoms with Crippen LogP contribution in [0.2, 0.25) is 0 Å². The number of H-pyrrole nitrogens is 1. The Morgan fingerprint density at radius 1 is 1.29 bits per heavy atom. The van der Waals surface area contributed by atoms with Gasteiger partial charge in [0.05, 0.1) is 18.7 Å². The van der Waals surface area contributed by atoms with Gasteiger partial charge in [-0.15, -0.1) is 12.4 Å². The highest BCUT2D eigenvalue weighted by Crippen LogP contribution is 2.24. The van der Waals surface area contributed by atoms with Crippen LogP contribution in [0.3, 0.4) is 0 Å². The van der Waals surface area contributed by atoms with Crippen LogP contribution in [0.25, 0.3) is 10.9 Å². The molecule has 0 unspecified atom stereocenters. The zero-order valence-corrected chi connectivity index (χ0v) is 13.9. The Morgan fingerprint density at radius 3 is 2.75 bits per heavy atom. The molecule has 0 atom stereocenters. The largest absolute Gasteiger partial charge is 0.506 e. The minimum Gasteiger partial charge on any atom is -0.506 e. The quantitative estimate of drug-likeness (QED) is 0.753. The molecule has 8 heteroatoms. The fraction of sp³-hybridized carbons (Fsp3) is 0.375. The van der Waals surface area contributed by atoms with Gasteiger partial charge < -0.3 is 20.1 Å². The predicted molar refractivity (Wildman–Crippen MR) is 93.1 cm³/mol. The number of hydrogen-bond acceptors (Lipinski definition) is 5. The van der Waals surface area contributed by atoms with E-state index in [0.717, 1.165) is 13.1 Å². The van der Waals surface area contributed by atoms with Crippen LogP contribution in [-0.4, -0.2) is 60.3 Å². The van der Waals surface area contributed by atoms with E-state index in [1.165, 1.54) is 0 Å². The highest BCUT2D eigenvalue weighted by molar-refractivity contribution is 6.01. The molecule has 1 aliphatic heterocycles. The van der Waals surface area contributed by atoms with Crippen LogP contribution in [-0.2, 0) is 4.74 Å². The number of aromatic amines is 1. The van der Waals surface area contributed by atoms with E-state index in [-0.39, 0.29) is 23.7 Å². The summed E-state index contributed by atoms with van der Waals surface area (Å²) in [5, 5.41) is 13.4. The first-order valence-corrected chi connectivity index (χ1v) is 7.59. The number of amides is 1. The molecule has 130 valence electrons. The van der Waals surface area contributed by atoms with Gasteiger partial charge in [-0.05, 0) is 12.1 Å². The maximum Gasteiger partial charge on any atom is 0.265 e. The number of fused-ring (bicyclic) bond motifs is 1. The standard InChI is InChI=1S/C16H19N3O4.ClH/c20-14-11-3-1-2-4-12(11)18-16(22)13(14)15(21)17-5-6-19-7-9-23-10-8-19;/h1-4H,5-10H2,(H,17,21)(H2,18,20,22);1H. The average Bonchev–Trinajstić information content (AvgIpc) is 2.56. The van der Waals surface area contributed by atoms with Crippen LogP contribution in [0.1, 0.15) is 10.4 Å². The Hall–Kier alpha value is -2.09. The van der Waals surface area contributed by atoms with Gasteiger partial charge in [0.2, 0.25) is 0 Å². The Bertz CT molecular complexity index is 771. The summed E-state index contributed by atoms with van der Waals surface area (Å²) >= 11 is 0. The Labute approximate surface area is 145 Å². The van der Waals surface area contributed by atoms with Gasteiger partial charge in [0.25, 0.3) is 11.5 Å². The summed E-state index contributed by atoms with van der Waals surface area (Å²) in [6, 6.07) is 6.82. The molecule has 2 heterocycles. The fourth-order valence-electron chi connectivity index (χ4n) is 2.68. The molecule has 0 radical (unpaired) electrons. The van der Waals surface area contributed by atoms with Gasteiger partial charge in [-0.25, -0.2) is 0 Å². The summed E-state index contributed by atoms with van der Waals surface area (Å²) in [4.78, 5) is 29.1. The molecule has 1 aromatic carbocycles. The molecule has 3 N–H and O–H groups in total. The number of para-hydroxylation sites is 1. The van der Waals surface area contributed by atoms with Gasteiger partial charge in [-0.1, -0.05) is 12.1 Å². The van der Waals surface area contributed by atoms with Crippen molar-refractivity contribution < 1.29 is 14.6 Å². The molecular formula is C16H20ClN3O4. The van der Waals surface area contributed by atoms with Crippen molar-refractivity contribution in [2.75, 3.05) is 39.4 Å². The third kappa shape index (κ3) is 3.87. The molecule has 1 aliphatic rings. The van der Waals surface area contributed by atoms with Crippen molar-refractivity contribution in [2.45, 2.75) is 0 Å². The lowest BCUT2D eigenvalue weighted by Crippen LogP contribution is -2.42. The van der Waals surface area contributed by atoms with Crippen molar-refractivity contribution in [1.29, 1.82) is 0 Å². The molecule has 0 spiro atoms. The van der Waals surface area contributed by atoms with Gasteiger partial charge in [0, 0.05) is 31.6 Å². The number of rotatable bonds is 4. The molecular weight excluding hydrogens is 334 g/mol. The molecule has 1 aromatic heterocycles. The minimum atomic E-state index is -0.593. The van der Waals surface area contributed by atoms with Crippen molar-refractivity contribution in [2.24, 2.45) is 0 Å². The number of carbonyl (C=O) groups excluding carboxylic acids is 1. The highest BCUT2D eigenvalue weighted by atomic mass is 35.5. The first-order valence-electron chi connectivity index (χ1n) is 7.59. The summed E-state index contributed by atoms with van der Waals surface area (Å²) in [5.74, 6) is -0.851. The summed E-state index contributed by atoms with van der Waals surface area (Å²) < 4.78 is 5.26. The molecule has 24 heavy (non-hydrogen) atoms. The van der Waals surface area contributed by atoms with E-state index in [4.69, 9.17) is 4.74 Å². The summed E-state index contributed by atoms with van der Waals surface area (Å²) in [6.45, 7) is 4.14. The predicted octanol–water partition coefficient (Wildman–Crippen LogP) is 0.718. The van der Waals surface area contributed by atoms with Crippen molar-refractivity contribution in [3.05, 3.63) is 40.2 Å². The molecule has 1 fully saturated rings. The van der Waals surface area contributed by atoms with Crippen LogP contribution in [0.5, 0.6) is 5.75 Å². The number of carbonyl (C=O) groups is 1. The maximum absolute atomic E-state index is 12.2. The lowest BCUT2D eigenvalue weighted by molar-refractivity contribution is 0.0383. The second kappa shape index (κ2) is 8.14. The third-order valence-corrected chi connectivity index (χ3v) is 3.94. The topological polar surface area (TPSA) is 94.7 Å². The summed E-state index contributed by atoms with van der Waals surface area (Å²) in [5.41, 5.74) is -0.337. The van der Waals surface area contributed by atoms with Gasteiger partial charge >= 0.3 is 0 Å². The van der Waals surface area contributed by atoms with E-state index in [1.54, 1.807) is 24.3 Å². The molecule has 3 rings (SSSR count). The van der Waals surface area contributed by atoms with Crippen LogP contribution in [0.15, 0.2) is 29.1 Å². The number of ether oxygens (including phenoxy) is 1. The van der Waals surface area contributed by atoms with E-state index in [2.05, 4.69) is 15.2 Å². The van der Waals surface area contributed by atoms with Gasteiger partial charge in [-0.2, -0.15) is 0 Å². The van der Waals surface area contributed by atoms with E-state index in [9.17, 15) is 14.7 Å². The van der Waals surface area contributed by atoms with Crippen molar-refractivity contribution in [3.8, 4) is 5.75 Å². The van der Waals surface area contributed by atoms with E-state index in [1.807, 2.05) is 0 Å². The smallest absolute Gasteiger partial charge is 0.265 e. The lowest BCUT2D eigenvalue weighted by Gasteiger charge is -2.26. The van der Waals surface area contributed by atoms with Crippen molar-refractivity contribution in [3.63, 3.8) is 0 Å². The Balaban J connectivity index is 0.00000208. The highest BCUT2D eigenvalue weighted by Gasteiger charge is 2.19. The van der Waals surface area contributed by atoms with Crippen LogP contribution < -0.4 is 10.9 Å². The minimum absolute atomic E-state index is 0. The molecule has 1 saturated heterocycles. The monoisotopic (exact) mass is 353 g/mol. The molecule has 1 amide bonds. The van der Waals surface area contributed by atoms with E-state index < -0.39 is 11.5 Å². The first-order chi connectivity index (χ1) is 11.2. The molecule has 0 saturated carbocycles. The average molecular weight is 354 g/mol. The first kappa shape index (κ1) is 18.3. The van der Waals surface area contributed by atoms with Gasteiger partial charge in [0.1, 0.15) is 11.3 Å². The molecule has 2 aromatic rings. The number of aromatic hydroxyl groups is 1. The number of nitrogens with one attached hydrogen (secondary N) is 2. The van der Waals surface area contributed by atoms with E-state index >= 15 is 0 Å². The number of aromatic nitrogens is 1. The Kier molecular flexibility index (Phi) is 6.19. The fourth-order valence-corrected chi connectivity index (χ4v) is 2.68. The number of pyridine rings is 1. The maximum atomic E-state index is 12.2. The zero-order chi connectivity index (χ0) is 16.2. The van der Waals surface area contributed by atoms with Gasteiger partial charge in [0.15, 0.2) is 0 Å². The second-order valence-corrected chi connectivity index (χ2v) is 5.43. The molecule has 7 nitrogen and oxygen atoms in total. The second-order valence-electron chi connectivity index (χ2n) is 5.43. The van der Waals surface area contributed by atoms with Crippen LogP contribution in [0.4, 0.5) is 0 Å². The molecule has 0 aliphatic carbocycles. The van der Waals surface area contributed by atoms with Crippen LogP contribution >= 0.6 is 12.4 Å². The zero-order valence-electron chi connectivity index (χ0n) is 13.1. The number of halogens is 1. The Morgan fingerprint density at radius 2 is 2.00 bits per heavy atom. The summed E-state index contributed by atoms with van der Waals surface area (Å²) in [7, 11) is 0. The number of benzene rings is 1. The van der Waals surface area contributed by atoms with Gasteiger partial charge in [-0.3, -0.25) is 14.5 Å². The number of morpholine rings is 1.